The molecule has 19 heavy (non-hydrogen) atoms. The lowest BCUT2D eigenvalue weighted by Gasteiger charge is -2.20. The van der Waals surface area contributed by atoms with Crippen LogP contribution in [0.5, 0.6) is 0 Å². The van der Waals surface area contributed by atoms with E-state index < -0.39 is 0 Å². The van der Waals surface area contributed by atoms with Gasteiger partial charge in [0.25, 0.3) is 0 Å². The Morgan fingerprint density at radius 1 is 1.21 bits per heavy atom. The third-order valence-corrected chi connectivity index (χ3v) is 3.81. The van der Waals surface area contributed by atoms with Gasteiger partial charge in [-0.05, 0) is 30.9 Å². The molecule has 104 valence electrons. The van der Waals surface area contributed by atoms with E-state index in [1.165, 1.54) is 17.5 Å². The number of carbonyl (C=O) groups excluding carboxylic acids is 1. The number of hydrogen-bond donors (Lipinski definition) is 1. The molecular formula is C16H24N2O. The van der Waals surface area contributed by atoms with Crippen LogP contribution >= 0.6 is 0 Å². The number of likely N-dealkylation sites (tertiary alicyclic amines) is 1. The molecule has 2 rings (SSSR count). The van der Waals surface area contributed by atoms with E-state index in [4.69, 9.17) is 0 Å². The van der Waals surface area contributed by atoms with Crippen molar-refractivity contribution in [1.82, 2.24) is 10.2 Å². The van der Waals surface area contributed by atoms with Crippen LogP contribution in [0.15, 0.2) is 24.3 Å². The van der Waals surface area contributed by atoms with Crippen molar-refractivity contribution >= 4 is 5.91 Å². The van der Waals surface area contributed by atoms with E-state index in [0.717, 1.165) is 45.4 Å². The lowest BCUT2D eigenvalue weighted by molar-refractivity contribution is -0.130. The molecule has 1 saturated heterocycles. The van der Waals surface area contributed by atoms with Gasteiger partial charge in [0, 0.05) is 32.6 Å². The highest BCUT2D eigenvalue weighted by Crippen LogP contribution is 2.10. The number of carbonyl (C=O) groups is 1. The van der Waals surface area contributed by atoms with Crippen LogP contribution in [-0.2, 0) is 11.3 Å². The van der Waals surface area contributed by atoms with Crippen molar-refractivity contribution in [2.24, 2.45) is 0 Å². The zero-order valence-electron chi connectivity index (χ0n) is 11.8. The summed E-state index contributed by atoms with van der Waals surface area (Å²) in [6.07, 6.45) is 4.15. The lowest BCUT2D eigenvalue weighted by atomic mass is 10.1. The molecule has 0 unspecified atom stereocenters. The zero-order chi connectivity index (χ0) is 13.5. The summed E-state index contributed by atoms with van der Waals surface area (Å²) >= 11 is 0. The Hall–Kier alpha value is -1.35. The first-order valence-corrected chi connectivity index (χ1v) is 7.30. The number of hydrogen-bond acceptors (Lipinski definition) is 2. The SMILES string of the molecule is Cc1ccccc1CNCCN1CCCCCC1=O. The molecule has 0 saturated carbocycles. The Morgan fingerprint density at radius 2 is 2.05 bits per heavy atom. The predicted octanol–water partition coefficient (Wildman–Crippen LogP) is 2.49. The van der Waals surface area contributed by atoms with Crippen molar-refractivity contribution in [3.05, 3.63) is 35.4 Å². The van der Waals surface area contributed by atoms with Crippen LogP contribution in [0.2, 0.25) is 0 Å². The number of benzene rings is 1. The summed E-state index contributed by atoms with van der Waals surface area (Å²) in [6.45, 7) is 5.67. The molecule has 1 N–H and O–H groups in total. The fourth-order valence-corrected chi connectivity index (χ4v) is 2.52. The number of amides is 1. The Bertz CT molecular complexity index is 417. The maximum Gasteiger partial charge on any atom is 0.222 e. The van der Waals surface area contributed by atoms with Crippen LogP contribution in [0.25, 0.3) is 0 Å². The molecule has 1 aromatic rings. The van der Waals surface area contributed by atoms with Crippen molar-refractivity contribution in [3.8, 4) is 0 Å². The summed E-state index contributed by atoms with van der Waals surface area (Å²) in [4.78, 5) is 13.8. The summed E-state index contributed by atoms with van der Waals surface area (Å²) in [7, 11) is 0. The molecule has 0 bridgehead atoms. The van der Waals surface area contributed by atoms with E-state index in [9.17, 15) is 4.79 Å². The zero-order valence-corrected chi connectivity index (χ0v) is 11.8. The summed E-state index contributed by atoms with van der Waals surface area (Å²) < 4.78 is 0. The van der Waals surface area contributed by atoms with Gasteiger partial charge in [0.1, 0.15) is 0 Å². The number of rotatable bonds is 5. The van der Waals surface area contributed by atoms with Crippen molar-refractivity contribution in [1.29, 1.82) is 0 Å². The molecule has 0 aromatic heterocycles. The highest BCUT2D eigenvalue weighted by atomic mass is 16.2. The smallest absolute Gasteiger partial charge is 0.222 e. The van der Waals surface area contributed by atoms with Crippen LogP contribution in [0.4, 0.5) is 0 Å². The van der Waals surface area contributed by atoms with Gasteiger partial charge >= 0.3 is 0 Å². The first kappa shape index (κ1) is 14.1. The summed E-state index contributed by atoms with van der Waals surface area (Å²) in [5, 5.41) is 3.44. The van der Waals surface area contributed by atoms with E-state index in [1.807, 2.05) is 4.90 Å². The molecule has 3 nitrogen and oxygen atoms in total. The molecule has 3 heteroatoms. The number of nitrogens with one attached hydrogen (secondary N) is 1. The van der Waals surface area contributed by atoms with Gasteiger partial charge in [-0.3, -0.25) is 4.79 Å². The third kappa shape index (κ3) is 4.35. The minimum Gasteiger partial charge on any atom is -0.341 e. The number of aryl methyl sites for hydroxylation is 1. The molecule has 0 spiro atoms. The van der Waals surface area contributed by atoms with Gasteiger partial charge in [0.2, 0.25) is 5.91 Å². The molecule has 1 aromatic carbocycles. The Labute approximate surface area is 116 Å². The van der Waals surface area contributed by atoms with E-state index in [0.29, 0.717) is 5.91 Å². The first-order chi connectivity index (χ1) is 9.27. The quantitative estimate of drug-likeness (QED) is 0.825. The Morgan fingerprint density at radius 3 is 2.89 bits per heavy atom. The van der Waals surface area contributed by atoms with Gasteiger partial charge in [-0.2, -0.15) is 0 Å². The highest BCUT2D eigenvalue weighted by molar-refractivity contribution is 5.76. The topological polar surface area (TPSA) is 32.3 Å². The molecule has 0 radical (unpaired) electrons. The fraction of sp³-hybridized carbons (Fsp3) is 0.562. The third-order valence-electron chi connectivity index (χ3n) is 3.81. The molecular weight excluding hydrogens is 236 g/mol. The summed E-state index contributed by atoms with van der Waals surface area (Å²) in [5.74, 6) is 0.329. The normalized spacial score (nSPS) is 16.5. The van der Waals surface area contributed by atoms with Gasteiger partial charge in [-0.1, -0.05) is 30.7 Å². The fourth-order valence-electron chi connectivity index (χ4n) is 2.52. The maximum absolute atomic E-state index is 11.8. The second-order valence-electron chi connectivity index (χ2n) is 5.29. The molecule has 0 aliphatic carbocycles. The van der Waals surface area contributed by atoms with Crippen molar-refractivity contribution in [3.63, 3.8) is 0 Å². The second-order valence-corrected chi connectivity index (χ2v) is 5.29. The number of nitrogens with zero attached hydrogens (tertiary/aromatic N) is 1. The summed E-state index contributed by atoms with van der Waals surface area (Å²) in [6, 6.07) is 8.42. The Kier molecular flexibility index (Phi) is 5.40. The molecule has 1 amide bonds. The highest BCUT2D eigenvalue weighted by Gasteiger charge is 2.15. The van der Waals surface area contributed by atoms with Gasteiger partial charge in [-0.25, -0.2) is 0 Å². The van der Waals surface area contributed by atoms with Gasteiger partial charge in [0.05, 0.1) is 0 Å². The van der Waals surface area contributed by atoms with Gasteiger partial charge in [-0.15, -0.1) is 0 Å². The van der Waals surface area contributed by atoms with Crippen LogP contribution in [0, 0.1) is 6.92 Å². The second kappa shape index (κ2) is 7.29. The lowest BCUT2D eigenvalue weighted by Crippen LogP contribution is -2.36. The molecule has 0 atom stereocenters. The standard InChI is InChI=1S/C16H24N2O/c1-14-7-4-5-8-15(14)13-17-10-12-18-11-6-2-3-9-16(18)19/h4-5,7-8,17H,2-3,6,9-13H2,1H3. The molecule has 1 heterocycles. The summed E-state index contributed by atoms with van der Waals surface area (Å²) in [5.41, 5.74) is 2.66. The minimum atomic E-state index is 0.329. The molecule has 1 aliphatic rings. The van der Waals surface area contributed by atoms with E-state index in [1.54, 1.807) is 0 Å². The average Bonchev–Trinajstić information content (AvgIpc) is 2.62. The van der Waals surface area contributed by atoms with E-state index in [-0.39, 0.29) is 0 Å². The average molecular weight is 260 g/mol. The first-order valence-electron chi connectivity index (χ1n) is 7.30. The van der Waals surface area contributed by atoms with Crippen molar-refractivity contribution < 1.29 is 4.79 Å². The minimum absolute atomic E-state index is 0.329. The van der Waals surface area contributed by atoms with Gasteiger partial charge in [0.15, 0.2) is 0 Å². The van der Waals surface area contributed by atoms with Crippen LogP contribution in [0.1, 0.15) is 36.8 Å². The van der Waals surface area contributed by atoms with Crippen LogP contribution in [-0.4, -0.2) is 30.4 Å². The van der Waals surface area contributed by atoms with Crippen molar-refractivity contribution in [2.45, 2.75) is 39.2 Å². The van der Waals surface area contributed by atoms with Gasteiger partial charge < -0.3 is 10.2 Å². The van der Waals surface area contributed by atoms with Crippen LogP contribution in [0.3, 0.4) is 0 Å². The predicted molar refractivity (Wildman–Crippen MR) is 77.9 cm³/mol. The largest absolute Gasteiger partial charge is 0.341 e. The van der Waals surface area contributed by atoms with Crippen molar-refractivity contribution in [2.75, 3.05) is 19.6 Å². The molecule has 1 aliphatic heterocycles. The molecule has 1 fully saturated rings. The van der Waals surface area contributed by atoms with E-state index >= 15 is 0 Å². The van der Waals surface area contributed by atoms with E-state index in [2.05, 4.69) is 36.5 Å². The monoisotopic (exact) mass is 260 g/mol. The van der Waals surface area contributed by atoms with Crippen LogP contribution < -0.4 is 5.32 Å². The Balaban J connectivity index is 1.71. The maximum atomic E-state index is 11.8.